The molecule has 0 aliphatic heterocycles. The molecule has 0 saturated carbocycles. The Morgan fingerprint density at radius 3 is 2.33 bits per heavy atom. The molecule has 0 bridgehead atoms. The molecule has 0 N–H and O–H groups in total. The van der Waals surface area contributed by atoms with Gasteiger partial charge in [0.05, 0.1) is 5.60 Å². The fourth-order valence-corrected chi connectivity index (χ4v) is 1.42. The number of hydrogen-bond acceptors (Lipinski definition) is 2. The van der Waals surface area contributed by atoms with Crippen LogP contribution in [-0.4, -0.2) is 41.1 Å². The Hall–Kier alpha value is 0.137. The van der Waals surface area contributed by atoms with Crippen molar-refractivity contribution in [2.45, 2.75) is 33.3 Å². The molecule has 0 aliphatic carbocycles. The maximum atomic E-state index is 5.56. The molecule has 0 rings (SSSR count). The predicted octanol–water partition coefficient (Wildman–Crippen LogP) is 0.650. The van der Waals surface area contributed by atoms with Crippen LogP contribution in [0, 0.1) is 5.92 Å². The first-order valence-electron chi connectivity index (χ1n) is 4.67. The highest BCUT2D eigenvalue weighted by molar-refractivity contribution is 5.98. The summed E-state index contributed by atoms with van der Waals surface area (Å²) in [5.74, 6) is 0.597. The minimum Gasteiger partial charge on any atom is -0.423 e. The zero-order valence-corrected chi connectivity index (χ0v) is 11.3. The Morgan fingerprint density at radius 2 is 2.00 bits per heavy atom. The summed E-state index contributed by atoms with van der Waals surface area (Å²) < 4.78 is 5.56. The fraction of sp³-hybridized carbons (Fsp3) is 1.00. The normalized spacial score (nSPS) is 15.5. The van der Waals surface area contributed by atoms with Crippen molar-refractivity contribution in [2.75, 3.05) is 20.1 Å². The lowest BCUT2D eigenvalue weighted by atomic mass is 9.92. The molecule has 0 amide bonds. The van der Waals surface area contributed by atoms with Gasteiger partial charge in [-0.05, 0) is 33.4 Å². The van der Waals surface area contributed by atoms with Crippen LogP contribution in [0.15, 0.2) is 0 Å². The van der Waals surface area contributed by atoms with Crippen LogP contribution in [0.25, 0.3) is 0 Å². The van der Waals surface area contributed by atoms with Crippen molar-refractivity contribution in [1.82, 2.24) is 4.90 Å². The zero-order chi connectivity index (χ0) is 9.78. The lowest BCUT2D eigenvalue weighted by Crippen LogP contribution is -2.39. The third kappa shape index (κ3) is 3.69. The van der Waals surface area contributed by atoms with Gasteiger partial charge in [0.1, 0.15) is 10.5 Å². The van der Waals surface area contributed by atoms with Gasteiger partial charge in [0, 0.05) is 6.54 Å². The highest BCUT2D eigenvalue weighted by Crippen LogP contribution is 2.20. The van der Waals surface area contributed by atoms with Crippen molar-refractivity contribution in [3.05, 3.63) is 0 Å². The van der Waals surface area contributed by atoms with Gasteiger partial charge in [-0.25, -0.2) is 0 Å². The Morgan fingerprint density at radius 1 is 1.50 bits per heavy atom. The topological polar surface area (TPSA) is 12.5 Å². The predicted molar refractivity (Wildman–Crippen MR) is 57.4 cm³/mol. The largest absolute Gasteiger partial charge is 0.423 e. The van der Waals surface area contributed by atoms with Crippen LogP contribution >= 0.6 is 0 Å². The molecule has 3 heteroatoms. The molecule has 0 spiro atoms. The summed E-state index contributed by atoms with van der Waals surface area (Å²) in [5, 5.41) is 0. The van der Waals surface area contributed by atoms with Crippen molar-refractivity contribution in [1.29, 1.82) is 0 Å². The van der Waals surface area contributed by atoms with E-state index in [1.165, 1.54) is 0 Å². The first-order chi connectivity index (χ1) is 5.44. The van der Waals surface area contributed by atoms with E-state index in [0.717, 1.165) is 23.6 Å². The smallest absolute Gasteiger partial charge is 0.146 e. The summed E-state index contributed by atoms with van der Waals surface area (Å²) in [6.07, 6.45) is 0. The Bertz CT molecular complexity index is 128. The molecule has 0 aromatic heterocycles. The van der Waals surface area contributed by atoms with E-state index in [1.54, 1.807) is 0 Å². The van der Waals surface area contributed by atoms with E-state index in [9.17, 15) is 0 Å². The zero-order valence-electron chi connectivity index (χ0n) is 9.35. The molecule has 1 atom stereocenters. The molecule has 0 radical (unpaired) electrons. The molecule has 2 nitrogen and oxygen atoms in total. The van der Waals surface area contributed by atoms with E-state index in [1.807, 2.05) is 0 Å². The molecule has 74 valence electrons. The summed E-state index contributed by atoms with van der Waals surface area (Å²) in [6.45, 7) is 11.0. The molecule has 0 heterocycles. The van der Waals surface area contributed by atoms with Crippen LogP contribution in [0.3, 0.4) is 0 Å². The second-order valence-corrected chi connectivity index (χ2v) is 4.47. The van der Waals surface area contributed by atoms with Gasteiger partial charge in [-0.1, -0.05) is 13.8 Å². The van der Waals surface area contributed by atoms with E-state index in [2.05, 4.69) is 39.6 Å². The van der Waals surface area contributed by atoms with Gasteiger partial charge in [0.15, 0.2) is 0 Å². The second kappa shape index (κ2) is 4.99. The van der Waals surface area contributed by atoms with Crippen LogP contribution in [-0.2, 0) is 4.43 Å². The van der Waals surface area contributed by atoms with Crippen LogP contribution in [0.5, 0.6) is 0 Å². The number of nitrogens with zero attached hydrogens (tertiary/aromatic N) is 1. The quantitative estimate of drug-likeness (QED) is 0.589. The van der Waals surface area contributed by atoms with E-state index < -0.39 is 0 Å². The monoisotopic (exact) mass is 189 g/mol. The summed E-state index contributed by atoms with van der Waals surface area (Å²) in [4.78, 5) is 2.33. The second-order valence-electron chi connectivity index (χ2n) is 4.06. The molecular weight excluding hydrogens is 166 g/mol. The molecule has 12 heavy (non-hydrogen) atoms. The minimum absolute atomic E-state index is 0.0512. The van der Waals surface area contributed by atoms with Crippen LogP contribution < -0.4 is 0 Å². The van der Waals surface area contributed by atoms with Gasteiger partial charge in [-0.2, -0.15) is 0 Å². The molecule has 1 unspecified atom stereocenters. The van der Waals surface area contributed by atoms with Gasteiger partial charge < -0.3 is 9.33 Å². The lowest BCUT2D eigenvalue weighted by Gasteiger charge is -2.33. The van der Waals surface area contributed by atoms with Gasteiger partial charge in [0.2, 0.25) is 0 Å². The molecule has 0 fully saturated rings. The third-order valence-corrected chi connectivity index (χ3v) is 3.89. The number of hydrogen-bond donors (Lipinski definition) is 0. The third-order valence-electron chi connectivity index (χ3n) is 2.84. The average Bonchev–Trinajstić information content (AvgIpc) is 2.04. The highest BCUT2D eigenvalue weighted by atomic mass is 28.2. The lowest BCUT2D eigenvalue weighted by molar-refractivity contribution is 0.0457. The first-order valence-corrected chi connectivity index (χ1v) is 5.49. The van der Waals surface area contributed by atoms with Crippen molar-refractivity contribution in [2.24, 2.45) is 5.92 Å². The Labute approximate surface area is 79.8 Å². The average molecular weight is 189 g/mol. The van der Waals surface area contributed by atoms with E-state index in [4.69, 9.17) is 4.43 Å². The summed E-state index contributed by atoms with van der Waals surface area (Å²) in [6, 6.07) is 0. The Balaban J connectivity index is 3.93. The maximum absolute atomic E-state index is 5.56. The first kappa shape index (κ1) is 12.1. The van der Waals surface area contributed by atoms with Gasteiger partial charge in [0.25, 0.3) is 0 Å². The summed E-state index contributed by atoms with van der Waals surface area (Å²) in [5.41, 5.74) is 0.0512. The summed E-state index contributed by atoms with van der Waals surface area (Å²) in [7, 11) is 2.98. The van der Waals surface area contributed by atoms with Crippen molar-refractivity contribution in [3.63, 3.8) is 0 Å². The fourth-order valence-electron chi connectivity index (χ4n) is 1.02. The number of rotatable bonds is 5. The molecule has 0 aromatic carbocycles. The minimum atomic E-state index is 0.0512. The van der Waals surface area contributed by atoms with E-state index in [-0.39, 0.29) is 5.60 Å². The van der Waals surface area contributed by atoms with Crippen LogP contribution in [0.1, 0.15) is 27.7 Å². The molecule has 0 aromatic rings. The van der Waals surface area contributed by atoms with Crippen LogP contribution in [0.4, 0.5) is 0 Å². The SMILES string of the molecule is CCN(C)CC(C)C(C)(C)O[SiH3]. The highest BCUT2D eigenvalue weighted by Gasteiger charge is 2.24. The van der Waals surface area contributed by atoms with Crippen molar-refractivity contribution >= 4 is 10.5 Å². The molecular formula is C9H23NOSi. The summed E-state index contributed by atoms with van der Waals surface area (Å²) >= 11 is 0. The standard InChI is InChI=1S/C9H23NOSi/c1-6-10(5)7-8(2)9(3,4)11-12/h8H,6-7H2,1-5,12H3. The van der Waals surface area contributed by atoms with Gasteiger partial charge in [-0.3, -0.25) is 0 Å². The maximum Gasteiger partial charge on any atom is 0.146 e. The van der Waals surface area contributed by atoms with E-state index >= 15 is 0 Å². The molecule has 0 saturated heterocycles. The van der Waals surface area contributed by atoms with Gasteiger partial charge in [-0.15, -0.1) is 0 Å². The van der Waals surface area contributed by atoms with Crippen molar-refractivity contribution < 1.29 is 4.43 Å². The van der Waals surface area contributed by atoms with E-state index in [0.29, 0.717) is 5.92 Å². The van der Waals surface area contributed by atoms with Crippen molar-refractivity contribution in [3.8, 4) is 0 Å². The van der Waals surface area contributed by atoms with Crippen LogP contribution in [0.2, 0.25) is 0 Å². The molecule has 0 aliphatic rings. The van der Waals surface area contributed by atoms with Gasteiger partial charge >= 0.3 is 0 Å². The Kier molecular flexibility index (Phi) is 5.05.